The van der Waals surface area contributed by atoms with E-state index in [4.69, 9.17) is 26.2 Å². The standard InChI is InChI=1S/C15H12ClFO4/c16-10-3-1-4-11(9-10)20-7-8-21-13-6-2-5-12(17)14(13)15(18)19/h1-6,9H,7-8H2,(H,18,19). The maximum absolute atomic E-state index is 13.4. The second-order valence-corrected chi connectivity index (χ2v) is 4.51. The van der Waals surface area contributed by atoms with E-state index in [0.717, 1.165) is 6.07 Å². The molecule has 110 valence electrons. The van der Waals surface area contributed by atoms with Crippen molar-refractivity contribution in [3.63, 3.8) is 0 Å². The number of carboxylic acids is 1. The summed E-state index contributed by atoms with van der Waals surface area (Å²) in [6.07, 6.45) is 0. The Morgan fingerprint density at radius 3 is 2.57 bits per heavy atom. The zero-order chi connectivity index (χ0) is 15.2. The molecular formula is C15H12ClFO4. The molecule has 0 saturated carbocycles. The topological polar surface area (TPSA) is 55.8 Å². The van der Waals surface area contributed by atoms with Gasteiger partial charge < -0.3 is 14.6 Å². The maximum Gasteiger partial charge on any atom is 0.342 e. The minimum absolute atomic E-state index is 0.0304. The molecule has 0 aliphatic rings. The van der Waals surface area contributed by atoms with Crippen LogP contribution in [0.25, 0.3) is 0 Å². The van der Waals surface area contributed by atoms with E-state index in [1.807, 2.05) is 0 Å². The maximum atomic E-state index is 13.4. The van der Waals surface area contributed by atoms with E-state index in [1.165, 1.54) is 12.1 Å². The van der Waals surface area contributed by atoms with Crippen LogP contribution in [0, 0.1) is 5.82 Å². The van der Waals surface area contributed by atoms with Crippen molar-refractivity contribution in [3.8, 4) is 11.5 Å². The summed E-state index contributed by atoms with van der Waals surface area (Å²) in [6.45, 7) is 0.256. The van der Waals surface area contributed by atoms with Gasteiger partial charge in [-0.1, -0.05) is 23.7 Å². The third-order valence-corrected chi connectivity index (χ3v) is 2.83. The smallest absolute Gasteiger partial charge is 0.342 e. The minimum atomic E-state index is -1.38. The van der Waals surface area contributed by atoms with Crippen LogP contribution in [0.15, 0.2) is 42.5 Å². The number of hydrogen-bond donors (Lipinski definition) is 1. The molecule has 0 saturated heterocycles. The van der Waals surface area contributed by atoms with Gasteiger partial charge in [0, 0.05) is 5.02 Å². The first-order chi connectivity index (χ1) is 10.1. The van der Waals surface area contributed by atoms with Crippen molar-refractivity contribution in [3.05, 3.63) is 58.9 Å². The molecule has 21 heavy (non-hydrogen) atoms. The van der Waals surface area contributed by atoms with E-state index in [-0.39, 0.29) is 19.0 Å². The number of carbonyl (C=O) groups is 1. The Morgan fingerprint density at radius 1 is 1.14 bits per heavy atom. The molecule has 4 nitrogen and oxygen atoms in total. The lowest BCUT2D eigenvalue weighted by Crippen LogP contribution is -2.12. The van der Waals surface area contributed by atoms with Crippen LogP contribution in [0.5, 0.6) is 11.5 Å². The van der Waals surface area contributed by atoms with Crippen LogP contribution in [0.2, 0.25) is 5.02 Å². The summed E-state index contributed by atoms with van der Waals surface area (Å²) in [5.74, 6) is -1.67. The van der Waals surface area contributed by atoms with Crippen LogP contribution in [0.1, 0.15) is 10.4 Å². The van der Waals surface area contributed by atoms with Gasteiger partial charge in [0.1, 0.15) is 36.1 Å². The van der Waals surface area contributed by atoms with Gasteiger partial charge in [-0.15, -0.1) is 0 Å². The molecule has 0 fully saturated rings. The average Bonchev–Trinajstić information content (AvgIpc) is 2.43. The highest BCUT2D eigenvalue weighted by Gasteiger charge is 2.16. The average molecular weight is 311 g/mol. The molecule has 0 aromatic heterocycles. The number of halogens is 2. The lowest BCUT2D eigenvalue weighted by molar-refractivity contribution is 0.0685. The van der Waals surface area contributed by atoms with Gasteiger partial charge in [-0.2, -0.15) is 0 Å². The van der Waals surface area contributed by atoms with E-state index >= 15 is 0 Å². The van der Waals surface area contributed by atoms with Gasteiger partial charge in [0.25, 0.3) is 0 Å². The van der Waals surface area contributed by atoms with E-state index < -0.39 is 17.3 Å². The molecule has 2 aromatic carbocycles. The van der Waals surface area contributed by atoms with Crippen LogP contribution >= 0.6 is 11.6 Å². The van der Waals surface area contributed by atoms with Gasteiger partial charge in [-0.05, 0) is 30.3 Å². The first kappa shape index (κ1) is 15.1. The van der Waals surface area contributed by atoms with Crippen molar-refractivity contribution >= 4 is 17.6 Å². The summed E-state index contributed by atoms with van der Waals surface area (Å²) in [7, 11) is 0. The highest BCUT2D eigenvalue weighted by molar-refractivity contribution is 6.30. The van der Waals surface area contributed by atoms with Gasteiger partial charge in [-0.25, -0.2) is 9.18 Å². The molecule has 0 amide bonds. The van der Waals surface area contributed by atoms with Gasteiger partial charge in [-0.3, -0.25) is 0 Å². The first-order valence-corrected chi connectivity index (χ1v) is 6.48. The summed E-state index contributed by atoms with van der Waals surface area (Å²) in [5.41, 5.74) is -0.486. The summed E-state index contributed by atoms with van der Waals surface area (Å²) < 4.78 is 24.1. The molecule has 2 rings (SSSR count). The number of aromatic carboxylic acids is 1. The minimum Gasteiger partial charge on any atom is -0.490 e. The predicted octanol–water partition coefficient (Wildman–Crippen LogP) is 3.64. The third-order valence-electron chi connectivity index (χ3n) is 2.59. The molecule has 6 heteroatoms. The largest absolute Gasteiger partial charge is 0.490 e. The number of carboxylic acid groups (broad SMARTS) is 1. The molecule has 0 radical (unpaired) electrons. The van der Waals surface area contributed by atoms with Gasteiger partial charge >= 0.3 is 5.97 Å². The Kier molecular flexibility index (Phi) is 5.00. The SMILES string of the molecule is O=C(O)c1c(F)cccc1OCCOc1cccc(Cl)c1. The van der Waals surface area contributed by atoms with Crippen molar-refractivity contribution in [1.29, 1.82) is 0 Å². The summed E-state index contributed by atoms with van der Waals surface area (Å²) in [4.78, 5) is 11.0. The fourth-order valence-electron chi connectivity index (χ4n) is 1.70. The number of rotatable bonds is 6. The summed E-state index contributed by atoms with van der Waals surface area (Å²) >= 11 is 5.81. The van der Waals surface area contributed by atoms with Crippen molar-refractivity contribution in [1.82, 2.24) is 0 Å². The summed E-state index contributed by atoms with van der Waals surface area (Å²) in [5, 5.41) is 9.49. The number of ether oxygens (including phenoxy) is 2. The van der Waals surface area contributed by atoms with Crippen LogP contribution in [-0.2, 0) is 0 Å². The Labute approximate surface area is 125 Å². The van der Waals surface area contributed by atoms with Gasteiger partial charge in [0.15, 0.2) is 0 Å². The van der Waals surface area contributed by atoms with Gasteiger partial charge in [0.2, 0.25) is 0 Å². The Hall–Kier alpha value is -2.27. The molecule has 1 N–H and O–H groups in total. The highest BCUT2D eigenvalue weighted by Crippen LogP contribution is 2.21. The molecule has 0 aliphatic heterocycles. The van der Waals surface area contributed by atoms with E-state index in [1.54, 1.807) is 24.3 Å². The van der Waals surface area contributed by atoms with Gasteiger partial charge in [0.05, 0.1) is 0 Å². The van der Waals surface area contributed by atoms with Crippen LogP contribution in [0.3, 0.4) is 0 Å². The van der Waals surface area contributed by atoms with Crippen molar-refractivity contribution in [2.45, 2.75) is 0 Å². The van der Waals surface area contributed by atoms with Crippen LogP contribution in [-0.4, -0.2) is 24.3 Å². The fraction of sp³-hybridized carbons (Fsp3) is 0.133. The lowest BCUT2D eigenvalue weighted by Gasteiger charge is -2.10. The molecular weight excluding hydrogens is 299 g/mol. The monoisotopic (exact) mass is 310 g/mol. The molecule has 0 aliphatic carbocycles. The van der Waals surface area contributed by atoms with Crippen LogP contribution in [0.4, 0.5) is 4.39 Å². The van der Waals surface area contributed by atoms with Crippen molar-refractivity contribution in [2.24, 2.45) is 0 Å². The molecule has 0 atom stereocenters. The zero-order valence-electron chi connectivity index (χ0n) is 10.9. The zero-order valence-corrected chi connectivity index (χ0v) is 11.6. The van der Waals surface area contributed by atoms with Crippen molar-refractivity contribution in [2.75, 3.05) is 13.2 Å². The Bertz CT molecular complexity index is 645. The third kappa shape index (κ3) is 4.10. The van der Waals surface area contributed by atoms with E-state index in [0.29, 0.717) is 10.8 Å². The van der Waals surface area contributed by atoms with E-state index in [9.17, 15) is 9.18 Å². The number of hydrogen-bond acceptors (Lipinski definition) is 3. The normalized spacial score (nSPS) is 10.2. The molecule has 0 heterocycles. The second-order valence-electron chi connectivity index (χ2n) is 4.07. The number of benzene rings is 2. The van der Waals surface area contributed by atoms with Crippen LogP contribution < -0.4 is 9.47 Å². The first-order valence-electron chi connectivity index (χ1n) is 6.11. The lowest BCUT2D eigenvalue weighted by atomic mass is 10.2. The molecule has 0 spiro atoms. The predicted molar refractivity (Wildman–Crippen MR) is 75.8 cm³/mol. The molecule has 2 aromatic rings. The fourth-order valence-corrected chi connectivity index (χ4v) is 1.88. The highest BCUT2D eigenvalue weighted by atomic mass is 35.5. The molecule has 0 bridgehead atoms. The van der Waals surface area contributed by atoms with Crippen molar-refractivity contribution < 1.29 is 23.8 Å². The summed E-state index contributed by atoms with van der Waals surface area (Å²) in [6, 6.07) is 10.7. The molecule has 0 unspecified atom stereocenters. The van der Waals surface area contributed by atoms with E-state index in [2.05, 4.69) is 0 Å². The Balaban J connectivity index is 1.92. The second kappa shape index (κ2) is 6.95. The quantitative estimate of drug-likeness (QED) is 0.828. The Morgan fingerprint density at radius 2 is 1.86 bits per heavy atom.